The van der Waals surface area contributed by atoms with Crippen molar-refractivity contribution in [2.75, 3.05) is 23.5 Å². The summed E-state index contributed by atoms with van der Waals surface area (Å²) in [6.45, 7) is 0. The lowest BCUT2D eigenvalue weighted by molar-refractivity contribution is -0.113. The topological polar surface area (TPSA) is 76.1 Å². The van der Waals surface area contributed by atoms with E-state index in [-0.39, 0.29) is 11.7 Å². The molecule has 0 radical (unpaired) electrons. The number of nitrogens with zero attached hydrogens (tertiary/aromatic N) is 2. The third kappa shape index (κ3) is 4.94. The van der Waals surface area contributed by atoms with Crippen molar-refractivity contribution < 1.29 is 9.53 Å². The molecule has 0 bridgehead atoms. The summed E-state index contributed by atoms with van der Waals surface area (Å²) in [6.07, 6.45) is 0. The van der Waals surface area contributed by atoms with Gasteiger partial charge in [0.05, 0.1) is 18.6 Å². The van der Waals surface area contributed by atoms with E-state index in [1.54, 1.807) is 7.11 Å². The molecule has 0 aliphatic heterocycles. The van der Waals surface area contributed by atoms with Crippen LogP contribution in [0.3, 0.4) is 0 Å². The first-order chi connectivity index (χ1) is 12.2. The number of methoxy groups -OCH3 is 1. The first-order valence-corrected chi connectivity index (χ1v) is 9.26. The molecular weight excluding hydrogens is 356 g/mol. The predicted molar refractivity (Wildman–Crippen MR) is 102 cm³/mol. The number of hydrogen-bond donors (Lipinski definition) is 2. The van der Waals surface area contributed by atoms with E-state index in [2.05, 4.69) is 20.8 Å². The Balaban J connectivity index is 1.54. The van der Waals surface area contributed by atoms with Crippen LogP contribution in [0.25, 0.3) is 0 Å². The molecule has 0 saturated carbocycles. The maximum atomic E-state index is 12.0. The molecule has 8 heteroatoms. The van der Waals surface area contributed by atoms with Gasteiger partial charge in [0.15, 0.2) is 4.34 Å². The molecule has 0 aliphatic rings. The number of hydrogen-bond acceptors (Lipinski definition) is 7. The molecule has 1 heterocycles. The van der Waals surface area contributed by atoms with Crippen LogP contribution in [-0.2, 0) is 4.79 Å². The molecule has 1 amide bonds. The zero-order valence-electron chi connectivity index (χ0n) is 13.4. The second kappa shape index (κ2) is 8.50. The van der Waals surface area contributed by atoms with Crippen molar-refractivity contribution in [2.24, 2.45) is 0 Å². The van der Waals surface area contributed by atoms with Gasteiger partial charge in [0, 0.05) is 5.69 Å². The van der Waals surface area contributed by atoms with Crippen LogP contribution >= 0.6 is 23.1 Å². The van der Waals surface area contributed by atoms with E-state index < -0.39 is 0 Å². The van der Waals surface area contributed by atoms with E-state index in [0.29, 0.717) is 5.13 Å². The lowest BCUT2D eigenvalue weighted by atomic mass is 10.3. The molecule has 128 valence electrons. The number of para-hydroxylation sites is 3. The number of benzene rings is 2. The number of nitrogens with one attached hydrogen (secondary N) is 2. The quantitative estimate of drug-likeness (QED) is 0.610. The number of carbonyl (C=O) groups is 1. The molecule has 3 rings (SSSR count). The first kappa shape index (κ1) is 17.2. The van der Waals surface area contributed by atoms with Gasteiger partial charge in [0.2, 0.25) is 11.0 Å². The number of rotatable bonds is 7. The Morgan fingerprint density at radius 2 is 1.88 bits per heavy atom. The van der Waals surface area contributed by atoms with Crippen molar-refractivity contribution in [3.63, 3.8) is 0 Å². The second-order valence-corrected chi connectivity index (χ2v) is 7.10. The molecule has 0 aliphatic carbocycles. The third-order valence-corrected chi connectivity index (χ3v) is 5.11. The molecule has 1 aromatic heterocycles. The predicted octanol–water partition coefficient (Wildman–Crippen LogP) is 4.02. The molecule has 2 aromatic carbocycles. The maximum Gasteiger partial charge on any atom is 0.234 e. The average Bonchev–Trinajstić information content (AvgIpc) is 3.09. The minimum Gasteiger partial charge on any atom is -0.495 e. The summed E-state index contributed by atoms with van der Waals surface area (Å²) in [4.78, 5) is 12.0. The third-order valence-electron chi connectivity index (χ3n) is 3.14. The van der Waals surface area contributed by atoms with Gasteiger partial charge in [0.25, 0.3) is 0 Å². The van der Waals surface area contributed by atoms with Crippen LogP contribution in [0.15, 0.2) is 58.9 Å². The summed E-state index contributed by atoms with van der Waals surface area (Å²) in [5.41, 5.74) is 1.60. The van der Waals surface area contributed by atoms with Crippen molar-refractivity contribution in [1.82, 2.24) is 10.2 Å². The molecule has 6 nitrogen and oxygen atoms in total. The number of aromatic nitrogens is 2. The molecule has 0 spiro atoms. The Morgan fingerprint density at radius 3 is 2.68 bits per heavy atom. The Kier molecular flexibility index (Phi) is 5.86. The van der Waals surface area contributed by atoms with Gasteiger partial charge in [-0.3, -0.25) is 4.79 Å². The summed E-state index contributed by atoms with van der Waals surface area (Å²) in [5.74, 6) is 0.929. The smallest absolute Gasteiger partial charge is 0.234 e. The van der Waals surface area contributed by atoms with Crippen molar-refractivity contribution >= 4 is 45.5 Å². The molecule has 2 N–H and O–H groups in total. The van der Waals surface area contributed by atoms with Crippen LogP contribution in [-0.4, -0.2) is 29.0 Å². The van der Waals surface area contributed by atoms with E-state index in [1.807, 2.05) is 54.6 Å². The van der Waals surface area contributed by atoms with Crippen molar-refractivity contribution in [2.45, 2.75) is 4.34 Å². The Labute approximate surface area is 153 Å². The number of amides is 1. The summed E-state index contributed by atoms with van der Waals surface area (Å²) in [7, 11) is 1.62. The van der Waals surface area contributed by atoms with Gasteiger partial charge >= 0.3 is 0 Å². The van der Waals surface area contributed by atoms with Crippen LogP contribution < -0.4 is 15.4 Å². The van der Waals surface area contributed by atoms with E-state index in [9.17, 15) is 4.79 Å². The molecular formula is C17H16N4O2S2. The zero-order valence-corrected chi connectivity index (χ0v) is 15.1. The fourth-order valence-corrected chi connectivity index (χ4v) is 3.59. The monoisotopic (exact) mass is 372 g/mol. The fourth-order valence-electron chi connectivity index (χ4n) is 2.03. The molecule has 0 atom stereocenters. The zero-order chi connectivity index (χ0) is 17.5. The van der Waals surface area contributed by atoms with Gasteiger partial charge in [-0.15, -0.1) is 10.2 Å². The lowest BCUT2D eigenvalue weighted by Gasteiger charge is -2.07. The summed E-state index contributed by atoms with van der Waals surface area (Å²) >= 11 is 2.74. The molecule has 0 unspecified atom stereocenters. The summed E-state index contributed by atoms with van der Waals surface area (Å²) in [5, 5.41) is 14.9. The SMILES string of the molecule is COc1ccccc1Nc1nnc(SCC(=O)Nc2ccccc2)s1. The minimum atomic E-state index is -0.0781. The molecule has 3 aromatic rings. The maximum absolute atomic E-state index is 12.0. The molecule has 0 fully saturated rings. The first-order valence-electron chi connectivity index (χ1n) is 7.46. The van der Waals surface area contributed by atoms with E-state index in [4.69, 9.17) is 4.74 Å². The largest absolute Gasteiger partial charge is 0.495 e. The minimum absolute atomic E-state index is 0.0781. The lowest BCUT2D eigenvalue weighted by Crippen LogP contribution is -2.13. The normalized spacial score (nSPS) is 10.3. The van der Waals surface area contributed by atoms with Gasteiger partial charge < -0.3 is 15.4 Å². The van der Waals surface area contributed by atoms with Crippen LogP contribution in [0.5, 0.6) is 5.75 Å². The van der Waals surface area contributed by atoms with Crippen LogP contribution in [0.2, 0.25) is 0 Å². The highest BCUT2D eigenvalue weighted by molar-refractivity contribution is 8.01. The summed E-state index contributed by atoms with van der Waals surface area (Å²) < 4.78 is 6.02. The molecule has 25 heavy (non-hydrogen) atoms. The highest BCUT2D eigenvalue weighted by atomic mass is 32.2. The van der Waals surface area contributed by atoms with Gasteiger partial charge in [0.1, 0.15) is 5.75 Å². The highest BCUT2D eigenvalue weighted by Crippen LogP contribution is 2.31. The van der Waals surface area contributed by atoms with E-state index in [1.165, 1.54) is 23.1 Å². The number of anilines is 3. The van der Waals surface area contributed by atoms with Gasteiger partial charge in [-0.1, -0.05) is 53.4 Å². The Morgan fingerprint density at radius 1 is 1.12 bits per heavy atom. The van der Waals surface area contributed by atoms with Gasteiger partial charge in [-0.2, -0.15) is 0 Å². The van der Waals surface area contributed by atoms with Crippen molar-refractivity contribution in [3.8, 4) is 5.75 Å². The fraction of sp³-hybridized carbons (Fsp3) is 0.118. The number of thioether (sulfide) groups is 1. The van der Waals surface area contributed by atoms with E-state index in [0.717, 1.165) is 21.5 Å². The summed E-state index contributed by atoms with van der Waals surface area (Å²) in [6, 6.07) is 16.9. The Hall–Kier alpha value is -2.58. The van der Waals surface area contributed by atoms with Gasteiger partial charge in [-0.25, -0.2) is 0 Å². The Bertz CT molecular complexity index is 839. The highest BCUT2D eigenvalue weighted by Gasteiger charge is 2.10. The van der Waals surface area contributed by atoms with Gasteiger partial charge in [-0.05, 0) is 24.3 Å². The van der Waals surface area contributed by atoms with Crippen LogP contribution in [0.1, 0.15) is 0 Å². The second-order valence-electron chi connectivity index (χ2n) is 4.90. The number of ether oxygens (including phenoxy) is 1. The van der Waals surface area contributed by atoms with Crippen LogP contribution in [0, 0.1) is 0 Å². The molecule has 0 saturated heterocycles. The van der Waals surface area contributed by atoms with Crippen molar-refractivity contribution in [3.05, 3.63) is 54.6 Å². The van der Waals surface area contributed by atoms with E-state index >= 15 is 0 Å². The van der Waals surface area contributed by atoms with Crippen LogP contribution in [0.4, 0.5) is 16.5 Å². The number of carbonyl (C=O) groups excluding carboxylic acids is 1. The standard InChI is InChI=1S/C17H16N4O2S2/c1-23-14-10-6-5-9-13(14)19-16-20-21-17(25-16)24-11-15(22)18-12-7-3-2-4-8-12/h2-10H,11H2,1H3,(H,18,22)(H,19,20). The van der Waals surface area contributed by atoms with Crippen molar-refractivity contribution in [1.29, 1.82) is 0 Å². The average molecular weight is 372 g/mol.